The van der Waals surface area contributed by atoms with Crippen LogP contribution in [0.15, 0.2) is 54.7 Å². The van der Waals surface area contributed by atoms with Crippen LogP contribution in [0.4, 0.5) is 11.4 Å². The zero-order valence-electron chi connectivity index (χ0n) is 15.2. The maximum atomic E-state index is 12.6. The van der Waals surface area contributed by atoms with Gasteiger partial charge < -0.3 is 5.32 Å². The maximum absolute atomic E-state index is 12.6. The van der Waals surface area contributed by atoms with Crippen molar-refractivity contribution < 1.29 is 9.72 Å². The Balaban J connectivity index is 1.64. The van der Waals surface area contributed by atoms with E-state index < -0.39 is 4.92 Å². The first-order valence-corrected chi connectivity index (χ1v) is 9.35. The van der Waals surface area contributed by atoms with Crippen molar-refractivity contribution in [2.45, 2.75) is 13.8 Å². The van der Waals surface area contributed by atoms with E-state index in [1.807, 2.05) is 42.5 Å². The van der Waals surface area contributed by atoms with Crippen molar-refractivity contribution in [2.24, 2.45) is 0 Å². The monoisotopic (exact) mass is 392 g/mol. The number of rotatable bonds is 4. The van der Waals surface area contributed by atoms with Gasteiger partial charge in [-0.05, 0) is 26.0 Å². The van der Waals surface area contributed by atoms with Gasteiger partial charge in [-0.25, -0.2) is 4.98 Å². The Morgan fingerprint density at radius 2 is 1.93 bits per heavy atom. The van der Waals surface area contributed by atoms with Crippen LogP contribution in [0.5, 0.6) is 0 Å². The van der Waals surface area contributed by atoms with E-state index in [2.05, 4.69) is 10.3 Å². The molecule has 0 spiro atoms. The second-order valence-corrected chi connectivity index (χ2v) is 7.40. The van der Waals surface area contributed by atoms with E-state index in [1.54, 1.807) is 18.3 Å². The number of non-ortho nitro benzene ring substituents is 1. The lowest BCUT2D eigenvalue weighted by molar-refractivity contribution is -0.384. The van der Waals surface area contributed by atoms with Crippen molar-refractivity contribution in [1.29, 1.82) is 0 Å². The predicted molar refractivity (Wildman–Crippen MR) is 109 cm³/mol. The highest BCUT2D eigenvalue weighted by Crippen LogP contribution is 2.29. The average Bonchev–Trinajstić information content (AvgIpc) is 3.23. The number of nitro benzene ring substituents is 1. The van der Waals surface area contributed by atoms with Gasteiger partial charge in [-0.1, -0.05) is 41.2 Å². The molecule has 0 unspecified atom stereocenters. The first kappa shape index (κ1) is 17.9. The minimum Gasteiger partial charge on any atom is -0.321 e. The van der Waals surface area contributed by atoms with Crippen molar-refractivity contribution >= 4 is 33.6 Å². The number of fused-ring (bicyclic) bond motifs is 1. The summed E-state index contributed by atoms with van der Waals surface area (Å²) in [4.78, 5) is 29.0. The summed E-state index contributed by atoms with van der Waals surface area (Å²) in [6.07, 6.45) is 1.79. The molecule has 0 atom stereocenters. The lowest BCUT2D eigenvalue weighted by atomic mass is 10.1. The molecule has 0 saturated heterocycles. The van der Waals surface area contributed by atoms with Crippen molar-refractivity contribution in [3.05, 3.63) is 81.0 Å². The first-order valence-electron chi connectivity index (χ1n) is 8.54. The SMILES string of the molecule is Cc1ccc(NC(=O)c2sc3nc(-c4cccc([N+](=O)[O-])c4)cn3c2C)cc1. The maximum Gasteiger partial charge on any atom is 0.270 e. The average molecular weight is 392 g/mol. The molecule has 28 heavy (non-hydrogen) atoms. The fourth-order valence-electron chi connectivity index (χ4n) is 2.90. The largest absolute Gasteiger partial charge is 0.321 e. The summed E-state index contributed by atoms with van der Waals surface area (Å²) in [7, 11) is 0. The van der Waals surface area contributed by atoms with Crippen LogP contribution in [0.25, 0.3) is 16.2 Å². The summed E-state index contributed by atoms with van der Waals surface area (Å²) in [5, 5.41) is 13.9. The van der Waals surface area contributed by atoms with Crippen molar-refractivity contribution in [2.75, 3.05) is 5.32 Å². The Kier molecular flexibility index (Phi) is 4.40. The number of carbonyl (C=O) groups excluding carboxylic acids is 1. The smallest absolute Gasteiger partial charge is 0.270 e. The number of hydrogen-bond donors (Lipinski definition) is 1. The van der Waals surface area contributed by atoms with Crippen LogP contribution in [0.3, 0.4) is 0 Å². The van der Waals surface area contributed by atoms with E-state index in [9.17, 15) is 14.9 Å². The van der Waals surface area contributed by atoms with Gasteiger partial charge in [-0.2, -0.15) is 0 Å². The van der Waals surface area contributed by atoms with Crippen molar-refractivity contribution in [3.63, 3.8) is 0 Å². The number of amides is 1. The number of hydrogen-bond acceptors (Lipinski definition) is 5. The molecular formula is C20H16N4O3S. The van der Waals surface area contributed by atoms with Crippen LogP contribution in [-0.2, 0) is 0 Å². The number of nitrogens with one attached hydrogen (secondary N) is 1. The van der Waals surface area contributed by atoms with Gasteiger partial charge in [-0.3, -0.25) is 19.3 Å². The number of aromatic nitrogens is 2. The van der Waals surface area contributed by atoms with Gasteiger partial charge in [0.2, 0.25) is 0 Å². The second kappa shape index (κ2) is 6.90. The normalized spacial score (nSPS) is 10.9. The molecule has 0 fully saturated rings. The van der Waals surface area contributed by atoms with Crippen molar-refractivity contribution in [1.82, 2.24) is 9.38 Å². The number of nitrogens with zero attached hydrogens (tertiary/aromatic N) is 3. The molecule has 140 valence electrons. The molecule has 7 nitrogen and oxygen atoms in total. The van der Waals surface area contributed by atoms with Gasteiger partial charge in [-0.15, -0.1) is 0 Å². The molecule has 1 amide bonds. The molecule has 4 aromatic rings. The van der Waals surface area contributed by atoms with Crippen LogP contribution in [0.1, 0.15) is 20.9 Å². The Morgan fingerprint density at radius 1 is 1.18 bits per heavy atom. The van der Waals surface area contributed by atoms with E-state index >= 15 is 0 Å². The summed E-state index contributed by atoms with van der Waals surface area (Å²) in [6, 6.07) is 14.0. The lowest BCUT2D eigenvalue weighted by Crippen LogP contribution is -2.11. The molecule has 2 heterocycles. The number of aryl methyl sites for hydroxylation is 2. The predicted octanol–water partition coefficient (Wildman–Crippen LogP) is 4.84. The van der Waals surface area contributed by atoms with E-state index in [0.29, 0.717) is 21.1 Å². The third kappa shape index (κ3) is 3.25. The van der Waals surface area contributed by atoms with Gasteiger partial charge >= 0.3 is 0 Å². The molecule has 4 rings (SSSR count). The minimum absolute atomic E-state index is 0.0174. The van der Waals surface area contributed by atoms with Gasteiger partial charge in [0.1, 0.15) is 4.88 Å². The minimum atomic E-state index is -0.430. The Morgan fingerprint density at radius 3 is 2.61 bits per heavy atom. The van der Waals surface area contributed by atoms with E-state index in [-0.39, 0.29) is 11.6 Å². The van der Waals surface area contributed by atoms with E-state index in [4.69, 9.17) is 0 Å². The number of nitro groups is 1. The Hall–Kier alpha value is -3.52. The third-order valence-corrected chi connectivity index (χ3v) is 5.58. The first-order chi connectivity index (χ1) is 13.4. The zero-order chi connectivity index (χ0) is 19.8. The van der Waals surface area contributed by atoms with Crippen LogP contribution in [0.2, 0.25) is 0 Å². The molecule has 0 radical (unpaired) electrons. The second-order valence-electron chi connectivity index (χ2n) is 6.42. The summed E-state index contributed by atoms with van der Waals surface area (Å²) in [5.74, 6) is -0.186. The molecule has 8 heteroatoms. The molecule has 0 aliphatic heterocycles. The lowest BCUT2D eigenvalue weighted by Gasteiger charge is -2.04. The number of benzene rings is 2. The summed E-state index contributed by atoms with van der Waals surface area (Å²) in [6.45, 7) is 3.84. The fraction of sp³-hybridized carbons (Fsp3) is 0.100. The summed E-state index contributed by atoms with van der Waals surface area (Å²) < 4.78 is 1.84. The molecule has 0 aliphatic carbocycles. The quantitative estimate of drug-likeness (QED) is 0.397. The molecule has 2 aromatic heterocycles. The number of carbonyl (C=O) groups is 1. The summed E-state index contributed by atoms with van der Waals surface area (Å²) in [5.41, 5.74) is 3.94. The molecule has 0 aliphatic rings. The van der Waals surface area contributed by atoms with Crippen LogP contribution < -0.4 is 5.32 Å². The molecule has 0 saturated carbocycles. The van der Waals surface area contributed by atoms with E-state index in [1.165, 1.54) is 23.5 Å². The standard InChI is InChI=1S/C20H16N4O3S/c1-12-6-8-15(9-7-12)21-19(25)18-13(2)23-11-17(22-20(23)28-18)14-4-3-5-16(10-14)24(26)27/h3-11H,1-2H3,(H,21,25). The van der Waals surface area contributed by atoms with Crippen LogP contribution in [0, 0.1) is 24.0 Å². The van der Waals surface area contributed by atoms with Gasteiger partial charge in [0, 0.05) is 35.3 Å². The fourth-order valence-corrected chi connectivity index (χ4v) is 3.91. The number of anilines is 1. The van der Waals surface area contributed by atoms with Crippen molar-refractivity contribution in [3.8, 4) is 11.3 Å². The highest BCUT2D eigenvalue weighted by Gasteiger charge is 2.19. The summed E-state index contributed by atoms with van der Waals surface area (Å²) >= 11 is 1.29. The highest BCUT2D eigenvalue weighted by atomic mass is 32.1. The van der Waals surface area contributed by atoms with Crippen LogP contribution in [-0.4, -0.2) is 20.2 Å². The van der Waals surface area contributed by atoms with Gasteiger partial charge in [0.05, 0.1) is 10.6 Å². The third-order valence-electron chi connectivity index (χ3n) is 4.43. The van der Waals surface area contributed by atoms with E-state index in [0.717, 1.165) is 16.9 Å². The van der Waals surface area contributed by atoms with Gasteiger partial charge in [0.15, 0.2) is 4.96 Å². The topological polar surface area (TPSA) is 89.5 Å². The Labute approximate surface area is 164 Å². The number of imidazole rings is 1. The molecule has 2 aromatic carbocycles. The molecule has 0 bridgehead atoms. The zero-order valence-corrected chi connectivity index (χ0v) is 16.0. The van der Waals surface area contributed by atoms with Crippen LogP contribution >= 0.6 is 11.3 Å². The molecular weight excluding hydrogens is 376 g/mol. The Bertz CT molecular complexity index is 1210. The number of thiazole rings is 1. The highest BCUT2D eigenvalue weighted by molar-refractivity contribution is 7.19. The van der Waals surface area contributed by atoms with Gasteiger partial charge in [0.25, 0.3) is 11.6 Å². The molecule has 1 N–H and O–H groups in total.